The van der Waals surface area contributed by atoms with Crippen LogP contribution in [0, 0.1) is 0 Å². The van der Waals surface area contributed by atoms with Crippen molar-refractivity contribution in [2.45, 2.75) is 0 Å². The molecular weight excluding hydrogens is 344 g/mol. The van der Waals surface area contributed by atoms with E-state index >= 15 is 0 Å². The predicted octanol–water partition coefficient (Wildman–Crippen LogP) is 5.60. The molecule has 0 heterocycles. The minimum absolute atomic E-state index is 0. The summed E-state index contributed by atoms with van der Waals surface area (Å²) in [6, 6.07) is 36.7. The van der Waals surface area contributed by atoms with Crippen molar-refractivity contribution < 1.29 is 34.7 Å². The average Bonchev–Trinajstić information content (AvgIpc) is 3.35. The average molecular weight is 362 g/mol. The second-order valence-corrected chi connectivity index (χ2v) is 4.27. The van der Waals surface area contributed by atoms with E-state index in [1.807, 2.05) is 60.7 Å². The molecule has 0 aliphatic heterocycles. The first-order valence-electron chi connectivity index (χ1n) is 6.74. The molecule has 0 bridgehead atoms. The van der Waals surface area contributed by atoms with E-state index < -0.39 is 0 Å². The molecule has 0 saturated carbocycles. The minimum Gasteiger partial charge on any atom is -0.214 e. The molecule has 0 amide bonds. The van der Waals surface area contributed by atoms with E-state index in [0.717, 1.165) is 0 Å². The Labute approximate surface area is 154 Å². The molecule has 0 aromatic heterocycles. The maximum atomic E-state index is 2.12. The molecule has 2 heteroatoms. The van der Waals surface area contributed by atoms with Crippen molar-refractivity contribution in [3.8, 4) is 11.1 Å². The fourth-order valence-corrected chi connectivity index (χ4v) is 1.77. The minimum atomic E-state index is 0. The van der Waals surface area contributed by atoms with Crippen LogP contribution in [0.25, 0.3) is 11.1 Å². The molecule has 0 aliphatic rings. The van der Waals surface area contributed by atoms with Crippen molar-refractivity contribution in [1.29, 1.82) is 0 Å². The summed E-state index contributed by atoms with van der Waals surface area (Å²) in [5.74, 6) is 0. The van der Waals surface area contributed by atoms with Gasteiger partial charge in [-0.2, -0.15) is 96.1 Å². The van der Waals surface area contributed by atoms with Crippen LogP contribution in [-0.4, -0.2) is 0 Å². The molecule has 0 nitrogen and oxygen atoms in total. The third-order valence-corrected chi connectivity index (χ3v) is 2.77. The second kappa shape index (κ2) is 13.2. The largest absolute Gasteiger partial charge is 2.00 e. The van der Waals surface area contributed by atoms with E-state index in [0.29, 0.717) is 0 Å². The Morgan fingerprint density at radius 3 is 0.864 bits per heavy atom. The van der Waals surface area contributed by atoms with E-state index in [2.05, 4.69) is 48.5 Å². The van der Waals surface area contributed by atoms with Gasteiger partial charge in [0.05, 0.1) is 0 Å². The normalized spacial score (nSPS) is 8.18. The van der Waals surface area contributed by atoms with E-state index in [4.69, 9.17) is 0 Å². The molecule has 0 spiro atoms. The van der Waals surface area contributed by atoms with Crippen molar-refractivity contribution in [3.63, 3.8) is 0 Å². The molecule has 0 atom stereocenters. The van der Waals surface area contributed by atoms with Crippen LogP contribution in [0.2, 0.25) is 0 Å². The summed E-state index contributed by atoms with van der Waals surface area (Å²) in [6.45, 7) is 0. The fourth-order valence-electron chi connectivity index (χ4n) is 1.77. The molecule has 0 saturated heterocycles. The summed E-state index contributed by atoms with van der Waals surface area (Å²) in [4.78, 5) is 0. The van der Waals surface area contributed by atoms with Gasteiger partial charge < -0.3 is 0 Å². The van der Waals surface area contributed by atoms with Crippen LogP contribution in [-0.2, 0) is 34.7 Å². The number of hydrogen-bond donors (Lipinski definition) is 0. The summed E-state index contributed by atoms with van der Waals surface area (Å²) in [6.07, 6.45) is 0. The summed E-state index contributed by atoms with van der Waals surface area (Å²) < 4.78 is 0. The van der Waals surface area contributed by atoms with Crippen LogP contribution in [0.3, 0.4) is 0 Å². The zero-order valence-corrected chi connectivity index (χ0v) is 14.8. The molecule has 0 aliphatic carbocycles. The summed E-state index contributed by atoms with van der Waals surface area (Å²) in [5.41, 5.74) is 2.62. The maximum absolute atomic E-state index is 2.12. The zero-order valence-electron chi connectivity index (χ0n) is 12.2. The topological polar surface area (TPSA) is 0 Å². The third-order valence-electron chi connectivity index (χ3n) is 2.77. The van der Waals surface area contributed by atoms with Gasteiger partial charge in [0.2, 0.25) is 0 Å². The molecule has 22 heavy (non-hydrogen) atoms. The van der Waals surface area contributed by atoms with Crippen molar-refractivity contribution in [2.75, 3.05) is 0 Å². The van der Waals surface area contributed by atoms with Gasteiger partial charge in [0.15, 0.2) is 0 Å². The molecule has 0 radical (unpaired) electrons. The first kappa shape index (κ1) is 20.5. The van der Waals surface area contributed by atoms with Crippen molar-refractivity contribution >= 4 is 0 Å². The molecule has 4 aromatic carbocycles. The van der Waals surface area contributed by atoms with E-state index in [9.17, 15) is 0 Å². The summed E-state index contributed by atoms with van der Waals surface area (Å²) >= 11 is 0. The van der Waals surface area contributed by atoms with Gasteiger partial charge in [0.25, 0.3) is 0 Å². The molecule has 0 unspecified atom stereocenters. The first-order valence-corrected chi connectivity index (χ1v) is 6.74. The molecule has 0 fully saturated rings. The second-order valence-electron chi connectivity index (χ2n) is 4.27. The van der Waals surface area contributed by atoms with Gasteiger partial charge in [-0.3, -0.25) is 0 Å². The van der Waals surface area contributed by atoms with Crippen LogP contribution in [0.4, 0.5) is 0 Å². The van der Waals surface area contributed by atoms with Crippen LogP contribution in [0.1, 0.15) is 0 Å². The summed E-state index contributed by atoms with van der Waals surface area (Å²) in [5, 5.41) is 0. The third kappa shape index (κ3) is 8.04. The molecule has 110 valence electrons. The van der Waals surface area contributed by atoms with Gasteiger partial charge in [0.1, 0.15) is 0 Å². The SMILES string of the molecule is [Cr+2].[Cr+2].c1cc[c-](-[c-]2cccc2)c1.c1cc[cH-]c1.c1cc[cH-]c1. The Morgan fingerprint density at radius 2 is 0.682 bits per heavy atom. The van der Waals surface area contributed by atoms with Gasteiger partial charge in [-0.1, -0.05) is 0 Å². The molecular formula is C20H18Cr2. The van der Waals surface area contributed by atoms with Crippen molar-refractivity contribution in [3.05, 3.63) is 109 Å². The Bertz CT molecular complexity index is 505. The quantitative estimate of drug-likeness (QED) is 0.387. The van der Waals surface area contributed by atoms with Gasteiger partial charge in [-0.05, 0) is 0 Å². The van der Waals surface area contributed by atoms with Gasteiger partial charge in [-0.15, -0.1) is 0 Å². The van der Waals surface area contributed by atoms with Crippen LogP contribution < -0.4 is 0 Å². The van der Waals surface area contributed by atoms with E-state index in [1.54, 1.807) is 0 Å². The standard InChI is InChI=1S/C10H8.2C5H5.2Cr/c1-2-6-9(5-1)10-7-3-4-8-10;2*1-2-4-5-3-1;;/h1-8H;2*1-5H;;/q-2;2*-1;2*+2. The van der Waals surface area contributed by atoms with E-state index in [1.165, 1.54) is 11.1 Å². The number of rotatable bonds is 1. The van der Waals surface area contributed by atoms with Crippen molar-refractivity contribution in [2.24, 2.45) is 0 Å². The Morgan fingerprint density at radius 1 is 0.409 bits per heavy atom. The fraction of sp³-hybridized carbons (Fsp3) is 0. The zero-order chi connectivity index (χ0) is 13.9. The Kier molecular flexibility index (Phi) is 12.2. The Hall–Kier alpha value is -1.54. The molecule has 4 aromatic rings. The van der Waals surface area contributed by atoms with Crippen LogP contribution in [0.5, 0.6) is 0 Å². The first-order chi connectivity index (χ1) is 9.97. The van der Waals surface area contributed by atoms with Gasteiger partial charge >= 0.3 is 34.7 Å². The van der Waals surface area contributed by atoms with E-state index in [-0.39, 0.29) is 34.7 Å². The van der Waals surface area contributed by atoms with Gasteiger partial charge in [-0.25, -0.2) is 24.3 Å². The Balaban J connectivity index is 0.000000316. The summed E-state index contributed by atoms with van der Waals surface area (Å²) in [7, 11) is 0. The van der Waals surface area contributed by atoms with Crippen molar-refractivity contribution in [1.82, 2.24) is 0 Å². The van der Waals surface area contributed by atoms with Crippen LogP contribution >= 0.6 is 0 Å². The molecule has 4 rings (SSSR count). The predicted molar refractivity (Wildman–Crippen MR) is 87.1 cm³/mol. The smallest absolute Gasteiger partial charge is 0.214 e. The van der Waals surface area contributed by atoms with Crippen LogP contribution in [0.15, 0.2) is 109 Å². The number of hydrogen-bond acceptors (Lipinski definition) is 0. The van der Waals surface area contributed by atoms with Gasteiger partial charge in [0, 0.05) is 0 Å². The monoisotopic (exact) mass is 362 g/mol. The maximum Gasteiger partial charge on any atom is 2.00 e. The molecule has 0 N–H and O–H groups in total.